The summed E-state index contributed by atoms with van der Waals surface area (Å²) in [4.78, 5) is 18.1. The third-order valence-electron chi connectivity index (χ3n) is 7.11. The van der Waals surface area contributed by atoms with Crippen molar-refractivity contribution in [2.75, 3.05) is 13.7 Å². The Kier molecular flexibility index (Phi) is 8.57. The molecular formula is C31H35F3N2O2. The van der Waals surface area contributed by atoms with Crippen LogP contribution in [0.25, 0.3) is 10.9 Å². The topological polar surface area (TPSA) is 45.3 Å². The minimum absolute atomic E-state index is 0. The van der Waals surface area contributed by atoms with Gasteiger partial charge in [-0.05, 0) is 66.3 Å². The summed E-state index contributed by atoms with van der Waals surface area (Å²) >= 11 is 0. The Morgan fingerprint density at radius 1 is 1.08 bits per heavy atom. The first-order valence-electron chi connectivity index (χ1n) is 13.0. The van der Waals surface area contributed by atoms with E-state index in [1.807, 2.05) is 62.4 Å². The number of nitrogens with zero attached hydrogens (tertiary/aromatic N) is 1. The van der Waals surface area contributed by atoms with Gasteiger partial charge in [0.05, 0.1) is 24.8 Å². The van der Waals surface area contributed by atoms with Crippen LogP contribution in [0.3, 0.4) is 0 Å². The SMILES string of the molecule is CC.COc1ccc2[nH]c3c(c2c1)CCN(C(C=O)c1ccccc1)C3CCc1ccc(C(F)(F)F)cc1.[HH]. The predicted octanol–water partition coefficient (Wildman–Crippen LogP) is 7.94. The number of methoxy groups -OCH3 is 1. The van der Waals surface area contributed by atoms with Crippen LogP contribution in [0.1, 0.15) is 61.7 Å². The van der Waals surface area contributed by atoms with Gasteiger partial charge in [0.2, 0.25) is 0 Å². The highest BCUT2D eigenvalue weighted by Crippen LogP contribution is 2.41. The fourth-order valence-electron chi connectivity index (χ4n) is 5.30. The van der Waals surface area contributed by atoms with Crippen molar-refractivity contribution in [1.29, 1.82) is 0 Å². The summed E-state index contributed by atoms with van der Waals surface area (Å²) in [6.07, 6.45) is -1.36. The Bertz CT molecular complexity index is 1350. The van der Waals surface area contributed by atoms with Gasteiger partial charge in [0, 0.05) is 24.6 Å². The van der Waals surface area contributed by atoms with Gasteiger partial charge in [0.25, 0.3) is 0 Å². The molecule has 1 aromatic heterocycles. The maximum Gasteiger partial charge on any atom is 0.416 e. The molecule has 0 fully saturated rings. The Hall–Kier alpha value is -3.58. The summed E-state index contributed by atoms with van der Waals surface area (Å²) in [5.74, 6) is 0.781. The lowest BCUT2D eigenvalue weighted by Gasteiger charge is -2.39. The molecule has 38 heavy (non-hydrogen) atoms. The second kappa shape index (κ2) is 11.9. The normalized spacial score (nSPS) is 16.3. The molecule has 1 aliphatic heterocycles. The first-order chi connectivity index (χ1) is 18.4. The lowest BCUT2D eigenvalue weighted by molar-refractivity contribution is -0.137. The average molecular weight is 525 g/mol. The average Bonchev–Trinajstić information content (AvgIpc) is 3.32. The zero-order valence-electron chi connectivity index (χ0n) is 21.9. The van der Waals surface area contributed by atoms with Crippen molar-refractivity contribution in [1.82, 2.24) is 9.88 Å². The van der Waals surface area contributed by atoms with Gasteiger partial charge in [0.1, 0.15) is 12.0 Å². The number of carbonyl (C=O) groups is 1. The molecule has 1 N–H and O–H groups in total. The summed E-state index contributed by atoms with van der Waals surface area (Å²) < 4.78 is 44.4. The number of aldehydes is 1. The molecule has 0 aliphatic carbocycles. The minimum Gasteiger partial charge on any atom is -0.497 e. The summed E-state index contributed by atoms with van der Waals surface area (Å²) in [6.45, 7) is 4.69. The second-order valence-electron chi connectivity index (χ2n) is 9.16. The largest absolute Gasteiger partial charge is 0.497 e. The molecule has 0 spiro atoms. The van der Waals surface area contributed by atoms with E-state index in [0.717, 1.165) is 58.3 Å². The number of ether oxygens (including phenoxy) is 1. The number of alkyl halides is 3. The number of H-pyrrole nitrogens is 1. The van der Waals surface area contributed by atoms with Gasteiger partial charge in [-0.25, -0.2) is 0 Å². The maximum absolute atomic E-state index is 13.0. The number of aromatic amines is 1. The van der Waals surface area contributed by atoms with Gasteiger partial charge in [-0.1, -0.05) is 56.3 Å². The molecule has 0 saturated heterocycles. The fourth-order valence-corrected chi connectivity index (χ4v) is 5.30. The van der Waals surface area contributed by atoms with Crippen LogP contribution in [0.2, 0.25) is 0 Å². The van der Waals surface area contributed by atoms with Gasteiger partial charge in [-0.3, -0.25) is 4.90 Å². The molecule has 3 aromatic carbocycles. The van der Waals surface area contributed by atoms with E-state index < -0.39 is 17.8 Å². The molecule has 2 unspecified atom stereocenters. The van der Waals surface area contributed by atoms with E-state index in [9.17, 15) is 18.0 Å². The van der Waals surface area contributed by atoms with Gasteiger partial charge in [-0.15, -0.1) is 0 Å². The van der Waals surface area contributed by atoms with Crippen LogP contribution in [0.5, 0.6) is 5.75 Å². The van der Waals surface area contributed by atoms with Crippen molar-refractivity contribution in [3.8, 4) is 5.75 Å². The highest BCUT2D eigenvalue weighted by atomic mass is 19.4. The third kappa shape index (κ3) is 5.63. The minimum atomic E-state index is -4.36. The van der Waals surface area contributed by atoms with Crippen LogP contribution in [-0.4, -0.2) is 29.8 Å². The molecule has 4 nitrogen and oxygen atoms in total. The summed E-state index contributed by atoms with van der Waals surface area (Å²) in [5, 5.41) is 1.10. The molecule has 0 saturated carbocycles. The van der Waals surface area contributed by atoms with Crippen molar-refractivity contribution in [3.05, 3.63) is 101 Å². The van der Waals surface area contributed by atoms with Crippen molar-refractivity contribution in [2.45, 2.75) is 51.4 Å². The van der Waals surface area contributed by atoms with Crippen LogP contribution in [0.4, 0.5) is 13.2 Å². The Labute approximate surface area is 222 Å². The van der Waals surface area contributed by atoms with E-state index in [0.29, 0.717) is 19.4 Å². The Morgan fingerprint density at radius 2 is 1.79 bits per heavy atom. The van der Waals surface area contributed by atoms with E-state index in [-0.39, 0.29) is 7.47 Å². The molecule has 2 atom stereocenters. The first-order valence-corrected chi connectivity index (χ1v) is 13.0. The van der Waals surface area contributed by atoms with E-state index in [1.165, 1.54) is 5.56 Å². The third-order valence-corrected chi connectivity index (χ3v) is 7.11. The number of hydrogen-bond acceptors (Lipinski definition) is 3. The number of nitrogens with one attached hydrogen (secondary N) is 1. The molecule has 7 heteroatoms. The molecule has 5 rings (SSSR count). The zero-order valence-corrected chi connectivity index (χ0v) is 21.9. The number of hydrogen-bond donors (Lipinski definition) is 1. The van der Waals surface area contributed by atoms with E-state index in [1.54, 1.807) is 19.2 Å². The van der Waals surface area contributed by atoms with E-state index >= 15 is 0 Å². The quantitative estimate of drug-likeness (QED) is 0.250. The van der Waals surface area contributed by atoms with Crippen LogP contribution in [-0.2, 0) is 23.8 Å². The predicted molar refractivity (Wildman–Crippen MR) is 146 cm³/mol. The smallest absolute Gasteiger partial charge is 0.416 e. The molecule has 0 bridgehead atoms. The van der Waals surface area contributed by atoms with Crippen LogP contribution in [0.15, 0.2) is 72.8 Å². The molecule has 2 heterocycles. The van der Waals surface area contributed by atoms with Gasteiger partial charge in [0.15, 0.2) is 0 Å². The zero-order chi connectivity index (χ0) is 27.3. The van der Waals surface area contributed by atoms with Gasteiger partial charge in [-0.2, -0.15) is 13.2 Å². The Morgan fingerprint density at radius 3 is 2.42 bits per heavy atom. The second-order valence-corrected chi connectivity index (χ2v) is 9.16. The van der Waals surface area contributed by atoms with Crippen molar-refractivity contribution < 1.29 is 24.1 Å². The molecular weight excluding hydrogens is 489 g/mol. The summed E-state index contributed by atoms with van der Waals surface area (Å²) in [5.41, 5.74) is 4.37. The van der Waals surface area contributed by atoms with E-state index in [2.05, 4.69) is 9.88 Å². The summed E-state index contributed by atoms with van der Waals surface area (Å²) in [7, 11) is 1.64. The molecule has 0 amide bonds. The van der Waals surface area contributed by atoms with Crippen molar-refractivity contribution in [2.24, 2.45) is 0 Å². The number of carbonyl (C=O) groups excluding carboxylic acids is 1. The lowest BCUT2D eigenvalue weighted by Crippen LogP contribution is -2.39. The first kappa shape index (κ1) is 27.5. The number of benzene rings is 3. The number of rotatable bonds is 7. The lowest BCUT2D eigenvalue weighted by atomic mass is 9.90. The highest BCUT2D eigenvalue weighted by molar-refractivity contribution is 5.86. The fraction of sp³-hybridized carbons (Fsp3) is 0.323. The number of aryl methyl sites for hydroxylation is 1. The van der Waals surface area contributed by atoms with Gasteiger partial charge >= 0.3 is 6.18 Å². The van der Waals surface area contributed by atoms with Crippen LogP contribution < -0.4 is 4.74 Å². The maximum atomic E-state index is 13.0. The summed E-state index contributed by atoms with van der Waals surface area (Å²) in [6, 6.07) is 20.4. The highest BCUT2D eigenvalue weighted by Gasteiger charge is 2.35. The van der Waals surface area contributed by atoms with Gasteiger partial charge < -0.3 is 14.5 Å². The molecule has 202 valence electrons. The number of fused-ring (bicyclic) bond motifs is 3. The standard InChI is InChI=1S/C29H27F3N2O2.C2H6.H2/c1-36-22-12-13-25-24(17-22)23-15-16-34(27(18-35)20-5-3-2-4-6-20)26(28(23)33-25)14-9-19-7-10-21(11-8-19)29(30,31)32;1-2;/h2-8,10-13,17-18,26-27,33H,9,14-16H2,1H3;1-2H3;1H. The Balaban J connectivity index is 0.00000137. The number of aromatic nitrogens is 1. The van der Waals surface area contributed by atoms with Crippen LogP contribution in [0, 0.1) is 0 Å². The molecule has 4 aromatic rings. The van der Waals surface area contributed by atoms with Crippen LogP contribution >= 0.6 is 0 Å². The molecule has 0 radical (unpaired) electrons. The van der Waals surface area contributed by atoms with E-state index in [4.69, 9.17) is 4.74 Å². The molecule has 1 aliphatic rings. The van der Waals surface area contributed by atoms with Crippen molar-refractivity contribution >= 4 is 17.2 Å². The van der Waals surface area contributed by atoms with Crippen molar-refractivity contribution in [3.63, 3.8) is 0 Å². The number of halogens is 3. The monoisotopic (exact) mass is 524 g/mol.